The summed E-state index contributed by atoms with van der Waals surface area (Å²) in [7, 11) is 0. The molecule has 0 saturated heterocycles. The summed E-state index contributed by atoms with van der Waals surface area (Å²) in [4.78, 5) is 11.8. The fourth-order valence-corrected chi connectivity index (χ4v) is 2.97. The number of hydrogen-bond donors (Lipinski definition) is 3. The molecule has 0 radical (unpaired) electrons. The first-order valence-electron chi connectivity index (χ1n) is 7.72. The van der Waals surface area contributed by atoms with Gasteiger partial charge in [-0.25, -0.2) is 0 Å². The summed E-state index contributed by atoms with van der Waals surface area (Å²) >= 11 is 6.87. The summed E-state index contributed by atoms with van der Waals surface area (Å²) in [6.45, 7) is 0.621. The van der Waals surface area contributed by atoms with Gasteiger partial charge in [0.15, 0.2) is 5.11 Å². The Morgan fingerprint density at radius 1 is 0.917 bits per heavy atom. The minimum absolute atomic E-state index is 0.0700. The van der Waals surface area contributed by atoms with E-state index in [2.05, 4.69) is 28.3 Å². The molecular formula is C18H21N3OS2. The zero-order valence-corrected chi connectivity index (χ0v) is 15.0. The maximum Gasteiger partial charge on any atom is 0.239 e. The smallest absolute Gasteiger partial charge is 0.239 e. The fraction of sp³-hybridized carbons (Fsp3) is 0.222. The first kappa shape index (κ1) is 18.3. The summed E-state index contributed by atoms with van der Waals surface area (Å²) in [6.07, 6.45) is 0.450. The van der Waals surface area contributed by atoms with Crippen molar-refractivity contribution in [3.05, 3.63) is 71.8 Å². The van der Waals surface area contributed by atoms with Gasteiger partial charge in [-0.2, -0.15) is 11.8 Å². The predicted molar refractivity (Wildman–Crippen MR) is 104 cm³/mol. The molecule has 0 fully saturated rings. The molecular weight excluding hydrogens is 338 g/mol. The topological polar surface area (TPSA) is 53.2 Å². The quantitative estimate of drug-likeness (QED) is 0.403. The molecule has 0 bridgehead atoms. The predicted octanol–water partition coefficient (Wildman–Crippen LogP) is 3.01. The Morgan fingerprint density at radius 3 is 2.21 bits per heavy atom. The van der Waals surface area contributed by atoms with E-state index >= 15 is 0 Å². The number of benzene rings is 2. The molecule has 0 heterocycles. The van der Waals surface area contributed by atoms with Gasteiger partial charge in [-0.3, -0.25) is 15.6 Å². The molecule has 4 nitrogen and oxygen atoms in total. The molecule has 2 aromatic rings. The molecule has 0 atom stereocenters. The van der Waals surface area contributed by atoms with Gasteiger partial charge in [0.05, 0.1) is 0 Å². The lowest BCUT2D eigenvalue weighted by Gasteiger charge is -2.11. The van der Waals surface area contributed by atoms with Crippen LogP contribution >= 0.6 is 24.0 Å². The third-order valence-electron chi connectivity index (χ3n) is 3.20. The van der Waals surface area contributed by atoms with Crippen LogP contribution in [0.25, 0.3) is 0 Å². The SMILES string of the molecule is O=C(CCSCc1ccccc1)NNC(=S)NCc1ccccc1. The maximum atomic E-state index is 11.8. The van der Waals surface area contributed by atoms with Gasteiger partial charge in [0.25, 0.3) is 0 Å². The molecule has 0 aliphatic carbocycles. The third kappa shape index (κ3) is 7.48. The standard InChI is InChI=1S/C18H21N3OS2/c22-17(11-12-24-14-16-9-5-2-6-10-16)20-21-18(23)19-13-15-7-3-1-4-8-15/h1-10H,11-14H2,(H,20,22)(H2,19,21,23). The Hall–Kier alpha value is -2.05. The van der Waals surface area contributed by atoms with E-state index in [1.165, 1.54) is 5.56 Å². The molecule has 0 spiro atoms. The Morgan fingerprint density at radius 2 is 1.54 bits per heavy atom. The first-order valence-corrected chi connectivity index (χ1v) is 9.28. The molecule has 2 rings (SSSR count). The van der Waals surface area contributed by atoms with Gasteiger partial charge in [0, 0.05) is 24.5 Å². The van der Waals surface area contributed by atoms with E-state index in [0.29, 0.717) is 18.1 Å². The number of thioether (sulfide) groups is 1. The van der Waals surface area contributed by atoms with Gasteiger partial charge in [0.2, 0.25) is 5.91 Å². The first-order chi connectivity index (χ1) is 11.7. The second kappa shape index (κ2) is 10.7. The average Bonchev–Trinajstić information content (AvgIpc) is 2.63. The van der Waals surface area contributed by atoms with Crippen LogP contribution in [0.15, 0.2) is 60.7 Å². The van der Waals surface area contributed by atoms with Crippen molar-refractivity contribution in [1.82, 2.24) is 16.2 Å². The second-order valence-electron chi connectivity index (χ2n) is 5.13. The summed E-state index contributed by atoms with van der Waals surface area (Å²) in [5.41, 5.74) is 7.73. The van der Waals surface area contributed by atoms with Crippen LogP contribution < -0.4 is 16.2 Å². The molecule has 0 aromatic heterocycles. The van der Waals surface area contributed by atoms with Gasteiger partial charge >= 0.3 is 0 Å². The van der Waals surface area contributed by atoms with Crippen LogP contribution in [0.1, 0.15) is 17.5 Å². The molecule has 126 valence electrons. The minimum atomic E-state index is -0.0700. The van der Waals surface area contributed by atoms with Crippen LogP contribution in [0, 0.1) is 0 Å². The number of hydrogen-bond acceptors (Lipinski definition) is 3. The lowest BCUT2D eigenvalue weighted by molar-refractivity contribution is -0.121. The average molecular weight is 360 g/mol. The highest BCUT2D eigenvalue weighted by molar-refractivity contribution is 7.98. The Labute approximate surface area is 152 Å². The van der Waals surface area contributed by atoms with E-state index in [1.54, 1.807) is 11.8 Å². The van der Waals surface area contributed by atoms with Gasteiger partial charge in [-0.1, -0.05) is 60.7 Å². The van der Waals surface area contributed by atoms with Gasteiger partial charge < -0.3 is 5.32 Å². The van der Waals surface area contributed by atoms with Gasteiger partial charge in [-0.15, -0.1) is 0 Å². The number of carbonyl (C=O) groups excluding carboxylic acids is 1. The number of thiocarbonyl (C=S) groups is 1. The highest BCUT2D eigenvalue weighted by Crippen LogP contribution is 2.12. The monoisotopic (exact) mass is 359 g/mol. The van der Waals surface area contributed by atoms with Crippen LogP contribution in [0.5, 0.6) is 0 Å². The van der Waals surface area contributed by atoms with Gasteiger partial charge in [-0.05, 0) is 23.3 Å². The van der Waals surface area contributed by atoms with Crippen molar-refractivity contribution in [2.75, 3.05) is 5.75 Å². The molecule has 2 aromatic carbocycles. The zero-order valence-electron chi connectivity index (χ0n) is 13.3. The van der Waals surface area contributed by atoms with Crippen molar-refractivity contribution in [2.45, 2.75) is 18.7 Å². The van der Waals surface area contributed by atoms with Crippen LogP contribution in [-0.2, 0) is 17.1 Å². The Bertz CT molecular complexity index is 635. The van der Waals surface area contributed by atoms with Gasteiger partial charge in [0.1, 0.15) is 0 Å². The highest BCUT2D eigenvalue weighted by atomic mass is 32.2. The number of amides is 1. The molecule has 6 heteroatoms. The lowest BCUT2D eigenvalue weighted by atomic mass is 10.2. The highest BCUT2D eigenvalue weighted by Gasteiger charge is 2.02. The Kier molecular flexibility index (Phi) is 8.13. The molecule has 24 heavy (non-hydrogen) atoms. The fourth-order valence-electron chi connectivity index (χ4n) is 1.94. The Balaban J connectivity index is 1.53. The summed E-state index contributed by atoms with van der Waals surface area (Å²) in [5.74, 6) is 1.62. The molecule has 1 amide bonds. The van der Waals surface area contributed by atoms with Crippen LogP contribution in [0.4, 0.5) is 0 Å². The van der Waals surface area contributed by atoms with Crippen LogP contribution in [0.3, 0.4) is 0 Å². The van der Waals surface area contributed by atoms with Crippen molar-refractivity contribution in [3.8, 4) is 0 Å². The maximum absolute atomic E-state index is 11.8. The minimum Gasteiger partial charge on any atom is -0.357 e. The third-order valence-corrected chi connectivity index (χ3v) is 4.47. The largest absolute Gasteiger partial charge is 0.357 e. The van der Waals surface area contributed by atoms with E-state index in [-0.39, 0.29) is 5.91 Å². The summed E-state index contributed by atoms with van der Waals surface area (Å²) < 4.78 is 0. The van der Waals surface area contributed by atoms with Crippen LogP contribution in [-0.4, -0.2) is 16.8 Å². The molecule has 0 saturated carbocycles. The lowest BCUT2D eigenvalue weighted by Crippen LogP contribution is -2.46. The molecule has 0 unspecified atom stereocenters. The molecule has 3 N–H and O–H groups in total. The van der Waals surface area contributed by atoms with Crippen molar-refractivity contribution >= 4 is 35.0 Å². The van der Waals surface area contributed by atoms with E-state index in [9.17, 15) is 4.79 Å². The van der Waals surface area contributed by atoms with E-state index in [4.69, 9.17) is 12.2 Å². The van der Waals surface area contributed by atoms with Crippen molar-refractivity contribution in [1.29, 1.82) is 0 Å². The molecule has 0 aliphatic rings. The summed E-state index contributed by atoms with van der Waals surface area (Å²) in [5, 5.41) is 3.45. The van der Waals surface area contributed by atoms with Crippen molar-refractivity contribution in [2.24, 2.45) is 0 Å². The van der Waals surface area contributed by atoms with E-state index in [0.717, 1.165) is 17.1 Å². The number of hydrazine groups is 1. The van der Waals surface area contributed by atoms with Crippen molar-refractivity contribution < 1.29 is 4.79 Å². The number of nitrogens with one attached hydrogen (secondary N) is 3. The summed E-state index contributed by atoms with van der Waals surface area (Å²) in [6, 6.07) is 20.2. The van der Waals surface area contributed by atoms with Crippen molar-refractivity contribution in [3.63, 3.8) is 0 Å². The molecule has 0 aliphatic heterocycles. The van der Waals surface area contributed by atoms with E-state index in [1.807, 2.05) is 48.5 Å². The number of carbonyl (C=O) groups is 1. The second-order valence-corrected chi connectivity index (χ2v) is 6.64. The number of rotatable bonds is 7. The zero-order chi connectivity index (χ0) is 17.0. The van der Waals surface area contributed by atoms with E-state index < -0.39 is 0 Å². The normalized spacial score (nSPS) is 10.0. The van der Waals surface area contributed by atoms with Crippen LogP contribution in [0.2, 0.25) is 0 Å².